The number of rotatable bonds is 7. The van der Waals surface area contributed by atoms with Crippen LogP contribution in [0.15, 0.2) is 29.8 Å². The van der Waals surface area contributed by atoms with Crippen molar-refractivity contribution in [3.05, 3.63) is 45.9 Å². The van der Waals surface area contributed by atoms with Crippen LogP contribution in [0.4, 0.5) is 0 Å². The summed E-state index contributed by atoms with van der Waals surface area (Å²) >= 11 is 1.74. The van der Waals surface area contributed by atoms with Crippen LogP contribution in [0, 0.1) is 6.92 Å². The number of hydrogen-bond acceptors (Lipinski definition) is 4. The lowest BCUT2D eigenvalue weighted by Gasteiger charge is -2.06. The molecule has 0 aliphatic heterocycles. The topological polar surface area (TPSA) is 34.1 Å². The van der Waals surface area contributed by atoms with Crippen molar-refractivity contribution < 1.29 is 4.74 Å². The van der Waals surface area contributed by atoms with Gasteiger partial charge in [-0.3, -0.25) is 0 Å². The summed E-state index contributed by atoms with van der Waals surface area (Å²) in [6.07, 6.45) is 2.09. The Bertz CT molecular complexity index is 510. The van der Waals surface area contributed by atoms with Crippen LogP contribution < -0.4 is 10.1 Å². The van der Waals surface area contributed by atoms with Gasteiger partial charge in [0.15, 0.2) is 0 Å². The molecular formula is C15H20N2OS. The van der Waals surface area contributed by atoms with Crippen molar-refractivity contribution in [3.63, 3.8) is 0 Å². The molecule has 0 atom stereocenters. The van der Waals surface area contributed by atoms with E-state index in [4.69, 9.17) is 4.74 Å². The summed E-state index contributed by atoms with van der Waals surface area (Å²) in [6, 6.07) is 8.24. The second kappa shape index (κ2) is 7.26. The number of ether oxygens (including phenoxy) is 1. The average Bonchev–Trinajstić information content (AvgIpc) is 2.84. The molecule has 2 aromatic rings. The molecule has 0 saturated carbocycles. The summed E-state index contributed by atoms with van der Waals surface area (Å²) in [5, 5.41) is 3.47. The highest BCUT2D eigenvalue weighted by Crippen LogP contribution is 2.13. The minimum atomic E-state index is 0.929. The Morgan fingerprint density at radius 1 is 1.26 bits per heavy atom. The van der Waals surface area contributed by atoms with Gasteiger partial charge in [-0.2, -0.15) is 0 Å². The van der Waals surface area contributed by atoms with Gasteiger partial charge in [0.05, 0.1) is 18.3 Å². The molecule has 1 aromatic carbocycles. The van der Waals surface area contributed by atoms with Crippen LogP contribution in [0.25, 0.3) is 0 Å². The maximum atomic E-state index is 5.22. The molecule has 0 aliphatic rings. The lowest BCUT2D eigenvalue weighted by atomic mass is 10.1. The summed E-state index contributed by atoms with van der Waals surface area (Å²) in [6.45, 7) is 4.07. The Kier molecular flexibility index (Phi) is 5.36. The molecule has 0 amide bonds. The SMILES string of the molecule is COc1cccc(CCNCCc2scnc2C)c1. The van der Waals surface area contributed by atoms with Gasteiger partial charge < -0.3 is 10.1 Å². The standard InChI is InChI=1S/C15H20N2OS/c1-12-15(19-11-17-12)7-9-16-8-6-13-4-3-5-14(10-13)18-2/h3-5,10-11,16H,6-9H2,1-2H3. The number of hydrogen-bond donors (Lipinski definition) is 1. The third kappa shape index (κ3) is 4.33. The molecule has 3 nitrogen and oxygen atoms in total. The highest BCUT2D eigenvalue weighted by Gasteiger charge is 2.00. The van der Waals surface area contributed by atoms with Gasteiger partial charge in [-0.05, 0) is 44.0 Å². The fourth-order valence-electron chi connectivity index (χ4n) is 1.95. The van der Waals surface area contributed by atoms with Gasteiger partial charge in [-0.1, -0.05) is 12.1 Å². The van der Waals surface area contributed by atoms with E-state index in [1.165, 1.54) is 16.1 Å². The number of nitrogens with one attached hydrogen (secondary N) is 1. The Balaban J connectivity index is 1.68. The molecule has 0 fully saturated rings. The van der Waals surface area contributed by atoms with E-state index in [-0.39, 0.29) is 0 Å². The van der Waals surface area contributed by atoms with Gasteiger partial charge in [0.25, 0.3) is 0 Å². The van der Waals surface area contributed by atoms with E-state index in [0.717, 1.165) is 31.7 Å². The molecule has 1 N–H and O–H groups in total. The third-order valence-corrected chi connectivity index (χ3v) is 4.09. The van der Waals surface area contributed by atoms with Gasteiger partial charge in [0.2, 0.25) is 0 Å². The van der Waals surface area contributed by atoms with Crippen LogP contribution in [-0.4, -0.2) is 25.2 Å². The van der Waals surface area contributed by atoms with E-state index < -0.39 is 0 Å². The van der Waals surface area contributed by atoms with Crippen molar-refractivity contribution in [2.24, 2.45) is 0 Å². The monoisotopic (exact) mass is 276 g/mol. The number of nitrogens with zero attached hydrogens (tertiary/aromatic N) is 1. The average molecular weight is 276 g/mol. The molecule has 0 saturated heterocycles. The zero-order valence-electron chi connectivity index (χ0n) is 11.5. The highest BCUT2D eigenvalue weighted by atomic mass is 32.1. The summed E-state index contributed by atoms with van der Waals surface area (Å²) in [7, 11) is 1.70. The first-order valence-corrected chi connectivity index (χ1v) is 7.40. The first-order chi connectivity index (χ1) is 9.29. The smallest absolute Gasteiger partial charge is 0.119 e. The zero-order valence-corrected chi connectivity index (χ0v) is 12.3. The van der Waals surface area contributed by atoms with Crippen LogP contribution in [0.2, 0.25) is 0 Å². The van der Waals surface area contributed by atoms with Gasteiger partial charge in [-0.15, -0.1) is 11.3 Å². The number of aryl methyl sites for hydroxylation is 1. The van der Waals surface area contributed by atoms with Gasteiger partial charge >= 0.3 is 0 Å². The Morgan fingerprint density at radius 3 is 2.84 bits per heavy atom. The predicted octanol–water partition coefficient (Wildman–Crippen LogP) is 2.83. The zero-order chi connectivity index (χ0) is 13.5. The van der Waals surface area contributed by atoms with Gasteiger partial charge in [-0.25, -0.2) is 4.98 Å². The van der Waals surface area contributed by atoms with Crippen LogP contribution in [0.3, 0.4) is 0 Å². The van der Waals surface area contributed by atoms with Crippen molar-refractivity contribution in [1.82, 2.24) is 10.3 Å². The molecule has 0 spiro atoms. The van der Waals surface area contributed by atoms with Crippen molar-refractivity contribution in [1.29, 1.82) is 0 Å². The molecule has 0 bridgehead atoms. The molecule has 102 valence electrons. The first kappa shape index (κ1) is 14.0. The van der Waals surface area contributed by atoms with E-state index in [1.807, 2.05) is 17.6 Å². The van der Waals surface area contributed by atoms with Crippen molar-refractivity contribution in [2.75, 3.05) is 20.2 Å². The minimum absolute atomic E-state index is 0.929. The van der Waals surface area contributed by atoms with E-state index in [9.17, 15) is 0 Å². The molecule has 0 unspecified atom stereocenters. The quantitative estimate of drug-likeness (QED) is 0.790. The van der Waals surface area contributed by atoms with Crippen LogP contribution in [0.1, 0.15) is 16.1 Å². The number of aromatic nitrogens is 1. The molecule has 1 heterocycles. The fraction of sp³-hybridized carbons (Fsp3) is 0.400. The lowest BCUT2D eigenvalue weighted by molar-refractivity contribution is 0.414. The summed E-state index contributed by atoms with van der Waals surface area (Å²) < 4.78 is 5.22. The second-order valence-electron chi connectivity index (χ2n) is 4.46. The van der Waals surface area contributed by atoms with Crippen molar-refractivity contribution >= 4 is 11.3 Å². The van der Waals surface area contributed by atoms with Crippen LogP contribution in [0.5, 0.6) is 5.75 Å². The number of benzene rings is 1. The third-order valence-electron chi connectivity index (χ3n) is 3.10. The molecule has 4 heteroatoms. The molecule has 1 aromatic heterocycles. The molecular weight excluding hydrogens is 256 g/mol. The van der Waals surface area contributed by atoms with E-state index in [1.54, 1.807) is 18.4 Å². The van der Waals surface area contributed by atoms with E-state index in [2.05, 4.69) is 29.4 Å². The summed E-state index contributed by atoms with van der Waals surface area (Å²) in [5.41, 5.74) is 4.39. The van der Waals surface area contributed by atoms with E-state index >= 15 is 0 Å². The molecule has 2 rings (SSSR count). The normalized spacial score (nSPS) is 10.6. The maximum Gasteiger partial charge on any atom is 0.119 e. The minimum Gasteiger partial charge on any atom is -0.497 e. The van der Waals surface area contributed by atoms with Gasteiger partial charge in [0.1, 0.15) is 5.75 Å². The largest absolute Gasteiger partial charge is 0.497 e. The van der Waals surface area contributed by atoms with Crippen molar-refractivity contribution in [3.8, 4) is 5.75 Å². The molecule has 19 heavy (non-hydrogen) atoms. The highest BCUT2D eigenvalue weighted by molar-refractivity contribution is 7.09. The van der Waals surface area contributed by atoms with Crippen LogP contribution in [-0.2, 0) is 12.8 Å². The molecule has 0 radical (unpaired) electrons. The predicted molar refractivity (Wildman–Crippen MR) is 80.1 cm³/mol. The second-order valence-corrected chi connectivity index (χ2v) is 5.40. The first-order valence-electron chi connectivity index (χ1n) is 6.52. The number of methoxy groups -OCH3 is 1. The Hall–Kier alpha value is -1.39. The van der Waals surface area contributed by atoms with Crippen molar-refractivity contribution in [2.45, 2.75) is 19.8 Å². The molecule has 0 aliphatic carbocycles. The number of thiazole rings is 1. The lowest BCUT2D eigenvalue weighted by Crippen LogP contribution is -2.20. The van der Waals surface area contributed by atoms with E-state index in [0.29, 0.717) is 0 Å². The Morgan fingerprint density at radius 2 is 2.11 bits per heavy atom. The summed E-state index contributed by atoms with van der Waals surface area (Å²) in [5.74, 6) is 0.929. The fourth-order valence-corrected chi connectivity index (χ4v) is 2.73. The maximum absolute atomic E-state index is 5.22. The van der Waals surface area contributed by atoms with Crippen LogP contribution >= 0.6 is 11.3 Å². The van der Waals surface area contributed by atoms with Gasteiger partial charge in [0, 0.05) is 11.4 Å². The summed E-state index contributed by atoms with van der Waals surface area (Å²) in [4.78, 5) is 5.64. The Labute approximate surface area is 118 Å².